The zero-order valence-electron chi connectivity index (χ0n) is 8.18. The van der Waals surface area contributed by atoms with Crippen LogP contribution in [-0.4, -0.2) is 24.3 Å². The second-order valence-electron chi connectivity index (χ2n) is 3.35. The average Bonchev–Trinajstić information content (AvgIpc) is 2.30. The van der Waals surface area contributed by atoms with Gasteiger partial charge in [0.15, 0.2) is 0 Å². The Hall–Kier alpha value is -1.81. The molecule has 4 nitrogen and oxygen atoms in total. The van der Waals surface area contributed by atoms with Gasteiger partial charge in [-0.3, -0.25) is 5.32 Å². The largest absolute Gasteiger partial charge is 0.478 e. The molecule has 1 heterocycles. The van der Waals surface area contributed by atoms with E-state index in [0.29, 0.717) is 18.8 Å². The first-order valence-corrected chi connectivity index (χ1v) is 4.74. The van der Waals surface area contributed by atoms with E-state index in [0.717, 1.165) is 5.69 Å². The van der Waals surface area contributed by atoms with Crippen LogP contribution in [-0.2, 0) is 4.79 Å². The van der Waals surface area contributed by atoms with Crippen LogP contribution in [0.4, 0.5) is 5.69 Å². The molecule has 0 fully saturated rings. The fraction of sp³-hybridized carbons (Fsp3) is 0.182. The maximum atomic E-state index is 10.8. The summed E-state index contributed by atoms with van der Waals surface area (Å²) in [4.78, 5) is 12.7. The summed E-state index contributed by atoms with van der Waals surface area (Å²) in [5.41, 5.74) is 1.37. The number of hydrogen-bond acceptors (Lipinski definition) is 3. The van der Waals surface area contributed by atoms with Crippen LogP contribution in [0.1, 0.15) is 0 Å². The quantitative estimate of drug-likeness (QED) is 0.755. The molecule has 78 valence electrons. The van der Waals surface area contributed by atoms with Crippen LogP contribution in [0.15, 0.2) is 42.1 Å². The van der Waals surface area contributed by atoms with Gasteiger partial charge in [0.1, 0.15) is 0 Å². The minimum absolute atomic E-state index is 0.380. The van der Waals surface area contributed by atoms with E-state index < -0.39 is 5.97 Å². The molecule has 0 aromatic heterocycles. The Morgan fingerprint density at radius 3 is 2.73 bits per heavy atom. The molecular formula is C11H12N2O2. The zero-order valence-corrected chi connectivity index (χ0v) is 8.18. The van der Waals surface area contributed by atoms with Crippen molar-refractivity contribution in [2.75, 3.05) is 18.1 Å². The van der Waals surface area contributed by atoms with Crippen molar-refractivity contribution in [1.82, 2.24) is 5.32 Å². The second kappa shape index (κ2) is 4.14. The predicted octanol–water partition coefficient (Wildman–Crippen LogP) is 1.02. The molecule has 4 heteroatoms. The van der Waals surface area contributed by atoms with Gasteiger partial charge in [-0.25, -0.2) is 4.79 Å². The van der Waals surface area contributed by atoms with Gasteiger partial charge >= 0.3 is 5.97 Å². The number of hydrogen-bond donors (Lipinski definition) is 2. The Labute approximate surface area is 87.8 Å². The van der Waals surface area contributed by atoms with Crippen LogP contribution < -0.4 is 10.2 Å². The molecule has 1 aromatic carbocycles. The first-order valence-electron chi connectivity index (χ1n) is 4.74. The van der Waals surface area contributed by atoms with Crippen molar-refractivity contribution in [2.24, 2.45) is 0 Å². The second-order valence-corrected chi connectivity index (χ2v) is 3.35. The van der Waals surface area contributed by atoms with E-state index >= 15 is 0 Å². The van der Waals surface area contributed by atoms with Crippen molar-refractivity contribution in [3.05, 3.63) is 42.1 Å². The van der Waals surface area contributed by atoms with Gasteiger partial charge in [-0.05, 0) is 12.1 Å². The van der Waals surface area contributed by atoms with Gasteiger partial charge in [-0.2, -0.15) is 0 Å². The number of carbonyl (C=O) groups is 1. The predicted molar refractivity (Wildman–Crippen MR) is 57.5 cm³/mol. The van der Waals surface area contributed by atoms with Crippen molar-refractivity contribution in [3.8, 4) is 0 Å². The summed E-state index contributed by atoms with van der Waals surface area (Å²) in [6.07, 6.45) is 1.67. The number of nitrogens with one attached hydrogen (secondary N) is 1. The Morgan fingerprint density at radius 1 is 1.33 bits per heavy atom. The van der Waals surface area contributed by atoms with Gasteiger partial charge in [0.25, 0.3) is 0 Å². The van der Waals surface area contributed by atoms with Crippen LogP contribution in [0.2, 0.25) is 0 Å². The average molecular weight is 204 g/mol. The maximum Gasteiger partial charge on any atom is 0.334 e. The Morgan fingerprint density at radius 2 is 2.07 bits per heavy atom. The molecule has 2 rings (SSSR count). The molecule has 1 aliphatic rings. The van der Waals surface area contributed by atoms with Crippen molar-refractivity contribution >= 4 is 11.7 Å². The molecule has 1 aromatic rings. The number of rotatable bonds is 2. The van der Waals surface area contributed by atoms with E-state index in [1.165, 1.54) is 0 Å². The van der Waals surface area contributed by atoms with E-state index in [2.05, 4.69) is 5.32 Å². The fourth-order valence-electron chi connectivity index (χ4n) is 1.51. The number of benzene rings is 1. The van der Waals surface area contributed by atoms with E-state index in [-0.39, 0.29) is 0 Å². The van der Waals surface area contributed by atoms with Crippen LogP contribution in [0, 0.1) is 0 Å². The minimum atomic E-state index is -0.872. The molecule has 15 heavy (non-hydrogen) atoms. The van der Waals surface area contributed by atoms with E-state index in [1.807, 2.05) is 35.2 Å². The van der Waals surface area contributed by atoms with E-state index in [9.17, 15) is 4.79 Å². The van der Waals surface area contributed by atoms with Gasteiger partial charge in [-0.15, -0.1) is 0 Å². The summed E-state index contributed by atoms with van der Waals surface area (Å²) >= 11 is 0. The summed E-state index contributed by atoms with van der Waals surface area (Å²) in [5, 5.41) is 11.9. The lowest BCUT2D eigenvalue weighted by atomic mass is 10.2. The van der Waals surface area contributed by atoms with Gasteiger partial charge in [0, 0.05) is 18.4 Å². The van der Waals surface area contributed by atoms with Crippen molar-refractivity contribution < 1.29 is 9.90 Å². The third-order valence-corrected chi connectivity index (χ3v) is 2.27. The summed E-state index contributed by atoms with van der Waals surface area (Å²) in [5.74, 6) is -0.872. The lowest BCUT2D eigenvalue weighted by molar-refractivity contribution is -0.132. The van der Waals surface area contributed by atoms with Crippen LogP contribution in [0.5, 0.6) is 0 Å². The number of anilines is 1. The SMILES string of the molecule is O=C(O)C1=CN(c2ccccc2)CNC1. The molecule has 0 spiro atoms. The summed E-state index contributed by atoms with van der Waals surface area (Å²) in [7, 11) is 0. The van der Waals surface area contributed by atoms with Crippen molar-refractivity contribution in [1.29, 1.82) is 0 Å². The highest BCUT2D eigenvalue weighted by Gasteiger charge is 2.15. The van der Waals surface area contributed by atoms with Gasteiger partial charge in [-0.1, -0.05) is 18.2 Å². The number of para-hydroxylation sites is 1. The van der Waals surface area contributed by atoms with Crippen molar-refractivity contribution in [2.45, 2.75) is 0 Å². The monoisotopic (exact) mass is 204 g/mol. The highest BCUT2D eigenvalue weighted by atomic mass is 16.4. The number of carboxylic acids is 1. The number of carboxylic acid groups (broad SMARTS) is 1. The standard InChI is InChI=1S/C11H12N2O2/c14-11(15)9-6-12-8-13(7-9)10-4-2-1-3-5-10/h1-5,7,12H,6,8H2,(H,14,15). The van der Waals surface area contributed by atoms with Crippen molar-refractivity contribution in [3.63, 3.8) is 0 Å². The molecule has 2 N–H and O–H groups in total. The summed E-state index contributed by atoms with van der Waals surface area (Å²) in [6.45, 7) is 1.06. The molecule has 0 atom stereocenters. The summed E-state index contributed by atoms with van der Waals surface area (Å²) < 4.78 is 0. The molecule has 0 amide bonds. The molecule has 0 bridgehead atoms. The van der Waals surface area contributed by atoms with Crippen LogP contribution in [0.3, 0.4) is 0 Å². The van der Waals surface area contributed by atoms with Crippen LogP contribution in [0.25, 0.3) is 0 Å². The molecule has 0 radical (unpaired) electrons. The third kappa shape index (κ3) is 2.16. The normalized spacial score (nSPS) is 16.0. The lowest BCUT2D eigenvalue weighted by Gasteiger charge is -2.26. The highest BCUT2D eigenvalue weighted by Crippen LogP contribution is 2.15. The lowest BCUT2D eigenvalue weighted by Crippen LogP contribution is -2.38. The Balaban J connectivity index is 2.24. The fourth-order valence-corrected chi connectivity index (χ4v) is 1.51. The molecular weight excluding hydrogens is 192 g/mol. The molecule has 0 saturated carbocycles. The molecule has 0 saturated heterocycles. The number of nitrogens with zero attached hydrogens (tertiary/aromatic N) is 1. The molecule has 0 unspecified atom stereocenters. The van der Waals surface area contributed by atoms with E-state index in [1.54, 1.807) is 6.20 Å². The zero-order chi connectivity index (χ0) is 10.7. The maximum absolute atomic E-state index is 10.8. The number of aliphatic carboxylic acids is 1. The van der Waals surface area contributed by atoms with Gasteiger partial charge < -0.3 is 10.0 Å². The minimum Gasteiger partial charge on any atom is -0.478 e. The third-order valence-electron chi connectivity index (χ3n) is 2.27. The topological polar surface area (TPSA) is 52.6 Å². The first-order chi connectivity index (χ1) is 7.27. The first kappa shape index (κ1) is 9.73. The Bertz CT molecular complexity index is 387. The van der Waals surface area contributed by atoms with Crippen LogP contribution >= 0.6 is 0 Å². The Kier molecular flexibility index (Phi) is 2.69. The highest BCUT2D eigenvalue weighted by molar-refractivity contribution is 5.88. The van der Waals surface area contributed by atoms with E-state index in [4.69, 9.17) is 5.11 Å². The summed E-state index contributed by atoms with van der Waals surface area (Å²) in [6, 6.07) is 9.69. The van der Waals surface area contributed by atoms with Gasteiger partial charge in [0.05, 0.1) is 12.2 Å². The van der Waals surface area contributed by atoms with Gasteiger partial charge in [0.2, 0.25) is 0 Å². The molecule has 1 aliphatic heterocycles. The molecule has 0 aliphatic carbocycles. The smallest absolute Gasteiger partial charge is 0.334 e.